The molecule has 0 saturated carbocycles. The Morgan fingerprint density at radius 1 is 0.632 bits per heavy atom. The summed E-state index contributed by atoms with van der Waals surface area (Å²) in [6.07, 6.45) is 0. The summed E-state index contributed by atoms with van der Waals surface area (Å²) in [5.41, 5.74) is 5.59. The van der Waals surface area contributed by atoms with Gasteiger partial charge in [-0.25, -0.2) is 0 Å². The van der Waals surface area contributed by atoms with Crippen molar-refractivity contribution in [1.29, 1.82) is 0 Å². The minimum atomic E-state index is -0.0410. The van der Waals surface area contributed by atoms with E-state index in [9.17, 15) is 0 Å². The zero-order valence-corrected chi connectivity index (χ0v) is 22.0. The third-order valence-corrected chi connectivity index (χ3v) is 7.83. The van der Waals surface area contributed by atoms with Gasteiger partial charge in [0.15, 0.2) is 13.5 Å². The Kier molecular flexibility index (Phi) is 5.80. The lowest BCUT2D eigenvalue weighted by molar-refractivity contribution is 0.277. The molecule has 6 heteroatoms. The predicted octanol–water partition coefficient (Wildman–Crippen LogP) is 8.45. The summed E-state index contributed by atoms with van der Waals surface area (Å²) in [6, 6.07) is 35.2. The lowest BCUT2D eigenvalue weighted by Gasteiger charge is -2.40. The normalized spacial score (nSPS) is 16.4. The van der Waals surface area contributed by atoms with Crippen LogP contribution >= 0.6 is 23.2 Å². The second-order valence-electron chi connectivity index (χ2n) is 9.67. The fraction of sp³-hybridized carbons (Fsp3) is 0.125. The molecule has 5 aromatic rings. The predicted molar refractivity (Wildman–Crippen MR) is 155 cm³/mol. The molecule has 2 heterocycles. The van der Waals surface area contributed by atoms with Gasteiger partial charge in [-0.05, 0) is 89.1 Å². The Balaban J connectivity index is 1.33. The monoisotopic (exact) mass is 538 g/mol. The summed E-state index contributed by atoms with van der Waals surface area (Å²) in [4.78, 5) is 4.50. The first kappa shape index (κ1) is 23.3. The van der Waals surface area contributed by atoms with E-state index in [2.05, 4.69) is 76.5 Å². The Bertz CT molecular complexity index is 1640. The zero-order chi connectivity index (χ0) is 25.6. The fourth-order valence-electron chi connectivity index (χ4n) is 5.42. The van der Waals surface area contributed by atoms with E-state index < -0.39 is 0 Å². The Labute approximate surface area is 231 Å². The van der Waals surface area contributed by atoms with E-state index in [-0.39, 0.29) is 6.04 Å². The second kappa shape index (κ2) is 9.46. The van der Waals surface area contributed by atoms with Gasteiger partial charge in [-0.2, -0.15) is 0 Å². The van der Waals surface area contributed by atoms with E-state index in [0.29, 0.717) is 18.5 Å². The number of nitrogens with zero attached hydrogens (tertiary/aromatic N) is 2. The minimum Gasteiger partial charge on any atom is -0.473 e. The summed E-state index contributed by atoms with van der Waals surface area (Å²) < 4.78 is 12.5. The van der Waals surface area contributed by atoms with Gasteiger partial charge in [0.1, 0.15) is 11.5 Å². The molecule has 0 amide bonds. The number of halogens is 2. The summed E-state index contributed by atoms with van der Waals surface area (Å²) >= 11 is 12.3. The Morgan fingerprint density at radius 2 is 1.29 bits per heavy atom. The first-order valence-corrected chi connectivity index (χ1v) is 13.3. The molecule has 0 spiro atoms. The molecule has 2 aliphatic heterocycles. The summed E-state index contributed by atoms with van der Waals surface area (Å²) in [7, 11) is 0. The van der Waals surface area contributed by atoms with Crippen LogP contribution in [0, 0.1) is 0 Å². The van der Waals surface area contributed by atoms with E-state index in [1.54, 1.807) is 0 Å². The van der Waals surface area contributed by atoms with Gasteiger partial charge >= 0.3 is 0 Å². The summed E-state index contributed by atoms with van der Waals surface area (Å²) in [6.45, 7) is 1.68. The number of fused-ring (bicyclic) bond motifs is 3. The molecule has 5 aromatic carbocycles. The van der Waals surface area contributed by atoms with Crippen molar-refractivity contribution in [2.75, 3.05) is 23.3 Å². The van der Waals surface area contributed by atoms with Crippen LogP contribution in [0.4, 0.5) is 11.4 Å². The quantitative estimate of drug-likeness (QED) is 0.230. The maximum atomic E-state index is 6.33. The van der Waals surface area contributed by atoms with Gasteiger partial charge in [0, 0.05) is 39.1 Å². The molecule has 0 saturated heterocycles. The lowest BCUT2D eigenvalue weighted by Crippen LogP contribution is -2.37. The van der Waals surface area contributed by atoms with E-state index in [1.807, 2.05) is 36.4 Å². The minimum absolute atomic E-state index is 0.0410. The highest BCUT2D eigenvalue weighted by Gasteiger charge is 2.32. The third-order valence-electron chi connectivity index (χ3n) is 7.33. The van der Waals surface area contributed by atoms with Crippen molar-refractivity contribution in [2.45, 2.75) is 12.6 Å². The van der Waals surface area contributed by atoms with Crippen molar-refractivity contribution in [3.63, 3.8) is 0 Å². The number of hydrogen-bond donors (Lipinski definition) is 0. The maximum Gasteiger partial charge on any atom is 0.162 e. The fourth-order valence-corrected chi connectivity index (χ4v) is 5.68. The molecule has 0 bridgehead atoms. The van der Waals surface area contributed by atoms with Crippen molar-refractivity contribution < 1.29 is 9.47 Å². The van der Waals surface area contributed by atoms with Gasteiger partial charge in [0.25, 0.3) is 0 Å². The highest BCUT2D eigenvalue weighted by Crippen LogP contribution is 2.44. The molecule has 188 valence electrons. The lowest BCUT2D eigenvalue weighted by atomic mass is 9.91. The Morgan fingerprint density at radius 3 is 2.03 bits per heavy atom. The smallest absolute Gasteiger partial charge is 0.162 e. The standard InChI is InChI=1S/C32H24Cl2N2O2/c33-25-6-10-27(11-7-25)35-18-24-15-23(5-14-30(24)37-19-35)32-29-16-21-3-1-2-4-22(21)17-31(29)38-20-36(32)28-12-8-26(34)9-13-28/h1-17,32H,18-20H2. The molecule has 0 radical (unpaired) electrons. The van der Waals surface area contributed by atoms with Crippen molar-refractivity contribution in [2.24, 2.45) is 0 Å². The Hall–Kier alpha value is -3.86. The first-order chi connectivity index (χ1) is 18.6. The van der Waals surface area contributed by atoms with Crippen LogP contribution in [0.3, 0.4) is 0 Å². The highest BCUT2D eigenvalue weighted by atomic mass is 35.5. The molecule has 0 aromatic heterocycles. The third kappa shape index (κ3) is 4.20. The van der Waals surface area contributed by atoms with Crippen molar-refractivity contribution in [3.8, 4) is 11.5 Å². The van der Waals surface area contributed by atoms with Crippen LogP contribution < -0.4 is 19.3 Å². The summed E-state index contributed by atoms with van der Waals surface area (Å²) in [5.74, 6) is 1.83. The van der Waals surface area contributed by atoms with Gasteiger partial charge < -0.3 is 19.3 Å². The summed E-state index contributed by atoms with van der Waals surface area (Å²) in [5, 5.41) is 3.79. The van der Waals surface area contributed by atoms with Gasteiger partial charge in [0.05, 0.1) is 6.04 Å². The van der Waals surface area contributed by atoms with Crippen LogP contribution in [0.15, 0.2) is 103 Å². The van der Waals surface area contributed by atoms with Crippen LogP contribution in [0.25, 0.3) is 10.8 Å². The van der Waals surface area contributed by atoms with Crippen molar-refractivity contribution in [3.05, 3.63) is 130 Å². The van der Waals surface area contributed by atoms with Crippen LogP contribution in [-0.4, -0.2) is 13.5 Å². The molecule has 2 aliphatic rings. The number of ether oxygens (including phenoxy) is 2. The highest BCUT2D eigenvalue weighted by molar-refractivity contribution is 6.30. The molecule has 1 unspecified atom stereocenters. The van der Waals surface area contributed by atoms with Gasteiger partial charge in [-0.15, -0.1) is 0 Å². The van der Waals surface area contributed by atoms with Crippen LogP contribution in [0.2, 0.25) is 10.0 Å². The van der Waals surface area contributed by atoms with Crippen molar-refractivity contribution in [1.82, 2.24) is 0 Å². The molecule has 1 atom stereocenters. The number of anilines is 2. The molecule has 0 fully saturated rings. The van der Waals surface area contributed by atoms with Crippen LogP contribution in [0.1, 0.15) is 22.7 Å². The topological polar surface area (TPSA) is 24.9 Å². The van der Waals surface area contributed by atoms with E-state index in [1.165, 1.54) is 16.3 Å². The molecular formula is C32H24Cl2N2O2. The van der Waals surface area contributed by atoms with Crippen LogP contribution in [0.5, 0.6) is 11.5 Å². The second-order valence-corrected chi connectivity index (χ2v) is 10.5. The number of benzene rings is 5. The van der Waals surface area contributed by atoms with Gasteiger partial charge in [-0.1, -0.05) is 53.5 Å². The largest absolute Gasteiger partial charge is 0.473 e. The molecule has 4 nitrogen and oxygen atoms in total. The van der Waals surface area contributed by atoms with Crippen LogP contribution in [-0.2, 0) is 6.54 Å². The van der Waals surface area contributed by atoms with E-state index in [4.69, 9.17) is 32.7 Å². The maximum absolute atomic E-state index is 6.33. The number of hydrogen-bond acceptors (Lipinski definition) is 4. The van der Waals surface area contributed by atoms with E-state index >= 15 is 0 Å². The SMILES string of the molecule is Clc1ccc(N2COc3ccc(C4c5cc6ccccc6cc5OCN4c4ccc(Cl)cc4)cc3C2)cc1. The van der Waals surface area contributed by atoms with Gasteiger partial charge in [0.2, 0.25) is 0 Å². The average Bonchev–Trinajstić information content (AvgIpc) is 2.96. The molecule has 7 rings (SSSR count). The van der Waals surface area contributed by atoms with Gasteiger partial charge in [-0.3, -0.25) is 0 Å². The zero-order valence-electron chi connectivity index (χ0n) is 20.5. The first-order valence-electron chi connectivity index (χ1n) is 12.6. The van der Waals surface area contributed by atoms with E-state index in [0.717, 1.165) is 45.6 Å². The number of rotatable bonds is 3. The molecule has 0 N–H and O–H groups in total. The molecule has 38 heavy (non-hydrogen) atoms. The van der Waals surface area contributed by atoms with Crippen molar-refractivity contribution >= 4 is 45.3 Å². The molecule has 0 aliphatic carbocycles. The average molecular weight is 539 g/mol. The molecular weight excluding hydrogens is 515 g/mol.